The predicted octanol–water partition coefficient (Wildman–Crippen LogP) is 2.46. The molecular formula is C16H19N5O2S. The van der Waals surface area contributed by atoms with Crippen LogP contribution in [0.25, 0.3) is 0 Å². The van der Waals surface area contributed by atoms with E-state index in [0.29, 0.717) is 11.0 Å². The lowest BCUT2D eigenvalue weighted by Gasteiger charge is -2.19. The van der Waals surface area contributed by atoms with Crippen molar-refractivity contribution in [1.29, 1.82) is 0 Å². The first-order chi connectivity index (χ1) is 11.5. The van der Waals surface area contributed by atoms with E-state index in [0.717, 1.165) is 29.0 Å². The first kappa shape index (κ1) is 16.4. The number of hydrogen-bond acceptors (Lipinski definition) is 5. The number of carbonyl (C=O) groups is 2. The monoisotopic (exact) mass is 345 g/mol. The number of primary amides is 1. The molecule has 0 bridgehead atoms. The number of nitrogens with zero attached hydrogens (tertiary/aromatic N) is 2. The minimum atomic E-state index is -0.664. The summed E-state index contributed by atoms with van der Waals surface area (Å²) in [6.07, 6.45) is 2.35. The van der Waals surface area contributed by atoms with Gasteiger partial charge in [-0.15, -0.1) is 10.2 Å². The number of benzene rings is 1. The maximum atomic E-state index is 12.3. The van der Waals surface area contributed by atoms with Crippen LogP contribution in [0.15, 0.2) is 24.3 Å². The predicted molar refractivity (Wildman–Crippen MR) is 91.8 cm³/mol. The SMILES string of the molecule is Cc1ccccc1C(CC(=O)Nc1nnc(C2CC2)s1)NC(N)=O. The van der Waals surface area contributed by atoms with Crippen molar-refractivity contribution in [2.45, 2.75) is 38.1 Å². The summed E-state index contributed by atoms with van der Waals surface area (Å²) in [5, 5.41) is 14.9. The van der Waals surface area contributed by atoms with E-state index >= 15 is 0 Å². The molecule has 1 unspecified atom stereocenters. The lowest BCUT2D eigenvalue weighted by molar-refractivity contribution is -0.116. The molecule has 2 aromatic rings. The Labute approximate surface area is 143 Å². The van der Waals surface area contributed by atoms with Crippen LogP contribution >= 0.6 is 11.3 Å². The molecule has 1 aliphatic carbocycles. The van der Waals surface area contributed by atoms with Gasteiger partial charge in [0.2, 0.25) is 11.0 Å². The maximum Gasteiger partial charge on any atom is 0.312 e. The van der Waals surface area contributed by atoms with Gasteiger partial charge in [0, 0.05) is 5.92 Å². The number of aryl methyl sites for hydroxylation is 1. The van der Waals surface area contributed by atoms with E-state index in [1.165, 1.54) is 11.3 Å². The summed E-state index contributed by atoms with van der Waals surface area (Å²) in [7, 11) is 0. The molecule has 8 heteroatoms. The molecule has 0 spiro atoms. The van der Waals surface area contributed by atoms with E-state index in [1.54, 1.807) is 0 Å². The minimum Gasteiger partial charge on any atom is -0.352 e. The van der Waals surface area contributed by atoms with Gasteiger partial charge in [-0.25, -0.2) is 4.79 Å². The summed E-state index contributed by atoms with van der Waals surface area (Å²) in [5.41, 5.74) is 7.10. The van der Waals surface area contributed by atoms with Crippen LogP contribution in [0.5, 0.6) is 0 Å². The van der Waals surface area contributed by atoms with E-state index in [4.69, 9.17) is 5.73 Å². The topological polar surface area (TPSA) is 110 Å². The number of urea groups is 1. The van der Waals surface area contributed by atoms with Crippen LogP contribution in [-0.4, -0.2) is 22.1 Å². The summed E-state index contributed by atoms with van der Waals surface area (Å²) in [5.74, 6) is 0.264. The van der Waals surface area contributed by atoms with Gasteiger partial charge in [0.25, 0.3) is 0 Å². The molecule has 1 aromatic carbocycles. The van der Waals surface area contributed by atoms with Crippen molar-refractivity contribution in [2.24, 2.45) is 5.73 Å². The van der Waals surface area contributed by atoms with Crippen LogP contribution in [0.1, 0.15) is 47.4 Å². The second-order valence-electron chi connectivity index (χ2n) is 5.89. The molecule has 24 heavy (non-hydrogen) atoms. The van der Waals surface area contributed by atoms with E-state index in [1.807, 2.05) is 31.2 Å². The van der Waals surface area contributed by atoms with Crippen molar-refractivity contribution in [2.75, 3.05) is 5.32 Å². The van der Waals surface area contributed by atoms with Crippen molar-refractivity contribution in [3.63, 3.8) is 0 Å². The van der Waals surface area contributed by atoms with Gasteiger partial charge in [-0.05, 0) is 30.9 Å². The summed E-state index contributed by atoms with van der Waals surface area (Å²) in [6, 6.07) is 6.42. The molecule has 0 saturated heterocycles. The Morgan fingerprint density at radius 1 is 1.33 bits per heavy atom. The zero-order valence-electron chi connectivity index (χ0n) is 13.3. The van der Waals surface area contributed by atoms with Gasteiger partial charge in [-0.2, -0.15) is 0 Å². The Morgan fingerprint density at radius 3 is 2.75 bits per heavy atom. The van der Waals surface area contributed by atoms with Gasteiger partial charge in [0.1, 0.15) is 5.01 Å². The van der Waals surface area contributed by atoms with Gasteiger partial charge in [0.05, 0.1) is 12.5 Å². The summed E-state index contributed by atoms with van der Waals surface area (Å²) < 4.78 is 0. The van der Waals surface area contributed by atoms with Crippen LogP contribution in [0, 0.1) is 6.92 Å². The van der Waals surface area contributed by atoms with Crippen molar-refractivity contribution >= 4 is 28.4 Å². The summed E-state index contributed by atoms with van der Waals surface area (Å²) >= 11 is 1.41. The average molecular weight is 345 g/mol. The lowest BCUT2D eigenvalue weighted by atomic mass is 9.98. The van der Waals surface area contributed by atoms with Crippen LogP contribution in [0.2, 0.25) is 0 Å². The molecule has 0 radical (unpaired) electrons. The number of nitrogens with two attached hydrogens (primary N) is 1. The first-order valence-corrected chi connectivity index (χ1v) is 8.59. The first-order valence-electron chi connectivity index (χ1n) is 7.77. The Hall–Kier alpha value is -2.48. The molecule has 3 amide bonds. The van der Waals surface area contributed by atoms with Crippen molar-refractivity contribution in [1.82, 2.24) is 15.5 Å². The quantitative estimate of drug-likeness (QED) is 0.747. The number of carbonyl (C=O) groups excluding carboxylic acids is 2. The molecule has 1 saturated carbocycles. The van der Waals surface area contributed by atoms with Gasteiger partial charge >= 0.3 is 6.03 Å². The highest BCUT2D eigenvalue weighted by molar-refractivity contribution is 7.15. The van der Waals surface area contributed by atoms with E-state index in [9.17, 15) is 9.59 Å². The van der Waals surface area contributed by atoms with Gasteiger partial charge < -0.3 is 16.4 Å². The van der Waals surface area contributed by atoms with E-state index in [-0.39, 0.29) is 12.3 Å². The molecule has 1 aliphatic rings. The summed E-state index contributed by atoms with van der Waals surface area (Å²) in [6.45, 7) is 1.93. The van der Waals surface area contributed by atoms with Gasteiger partial charge in [-0.3, -0.25) is 4.79 Å². The number of amides is 3. The third-order valence-corrected chi connectivity index (χ3v) is 4.88. The molecule has 1 heterocycles. The van der Waals surface area contributed by atoms with Crippen molar-refractivity contribution in [3.05, 3.63) is 40.4 Å². The van der Waals surface area contributed by atoms with E-state index in [2.05, 4.69) is 20.8 Å². The van der Waals surface area contributed by atoms with E-state index < -0.39 is 12.1 Å². The highest BCUT2D eigenvalue weighted by atomic mass is 32.1. The average Bonchev–Trinajstić information content (AvgIpc) is 3.27. The van der Waals surface area contributed by atoms with Crippen LogP contribution < -0.4 is 16.4 Å². The van der Waals surface area contributed by atoms with Gasteiger partial charge in [0.15, 0.2) is 0 Å². The number of aromatic nitrogens is 2. The number of nitrogens with one attached hydrogen (secondary N) is 2. The van der Waals surface area contributed by atoms with Crippen LogP contribution in [0.4, 0.5) is 9.93 Å². The number of hydrogen-bond donors (Lipinski definition) is 3. The van der Waals surface area contributed by atoms with Gasteiger partial charge in [-0.1, -0.05) is 35.6 Å². The smallest absolute Gasteiger partial charge is 0.312 e. The fourth-order valence-electron chi connectivity index (χ4n) is 2.52. The fourth-order valence-corrected chi connectivity index (χ4v) is 3.45. The minimum absolute atomic E-state index is 0.0755. The number of rotatable bonds is 6. The molecule has 126 valence electrons. The highest BCUT2D eigenvalue weighted by Gasteiger charge is 2.28. The molecule has 3 rings (SSSR count). The Bertz CT molecular complexity index is 756. The Morgan fingerprint density at radius 2 is 2.08 bits per heavy atom. The van der Waals surface area contributed by atoms with Crippen molar-refractivity contribution in [3.8, 4) is 0 Å². The molecule has 0 aliphatic heterocycles. The zero-order valence-corrected chi connectivity index (χ0v) is 14.1. The molecule has 1 aromatic heterocycles. The molecule has 4 N–H and O–H groups in total. The summed E-state index contributed by atoms with van der Waals surface area (Å²) in [4.78, 5) is 23.6. The number of anilines is 1. The van der Waals surface area contributed by atoms with Crippen molar-refractivity contribution < 1.29 is 9.59 Å². The Kier molecular flexibility index (Phi) is 4.75. The third kappa shape index (κ3) is 4.08. The molecule has 7 nitrogen and oxygen atoms in total. The fraction of sp³-hybridized carbons (Fsp3) is 0.375. The molecule has 1 fully saturated rings. The lowest BCUT2D eigenvalue weighted by Crippen LogP contribution is -2.35. The second kappa shape index (κ2) is 6.96. The zero-order chi connectivity index (χ0) is 17.1. The second-order valence-corrected chi connectivity index (χ2v) is 6.90. The third-order valence-electron chi connectivity index (χ3n) is 3.88. The van der Waals surface area contributed by atoms with Crippen LogP contribution in [0.3, 0.4) is 0 Å². The standard InChI is InChI=1S/C16H19N5O2S/c1-9-4-2-3-5-11(9)12(18-15(17)23)8-13(22)19-16-21-20-14(24-16)10-6-7-10/h2-5,10,12H,6-8H2,1H3,(H3,17,18,23)(H,19,21,22). The maximum absolute atomic E-state index is 12.3. The Balaban J connectivity index is 1.68. The van der Waals surface area contributed by atoms with Crippen LogP contribution in [-0.2, 0) is 4.79 Å². The highest BCUT2D eigenvalue weighted by Crippen LogP contribution is 2.42. The molecule has 1 atom stereocenters. The molecular weight excluding hydrogens is 326 g/mol. The largest absolute Gasteiger partial charge is 0.352 e. The normalized spacial score (nSPS) is 14.9.